The van der Waals surface area contributed by atoms with Crippen LogP contribution >= 0.6 is 12.2 Å². The van der Waals surface area contributed by atoms with E-state index in [2.05, 4.69) is 9.72 Å². The lowest BCUT2D eigenvalue weighted by molar-refractivity contribution is -0.285. The molecule has 1 aliphatic carbocycles. The van der Waals surface area contributed by atoms with Gasteiger partial charge in [0.25, 0.3) is 0 Å². The minimum absolute atomic E-state index is 0.0273. The molecule has 0 spiro atoms. The van der Waals surface area contributed by atoms with Gasteiger partial charge in [-0.1, -0.05) is 36.5 Å². The Morgan fingerprint density at radius 2 is 1.69 bits per heavy atom. The second-order valence-corrected chi connectivity index (χ2v) is 12.2. The molecular weight excluding hydrogens is 608 g/mol. The zero-order chi connectivity index (χ0) is 30.9. The Morgan fingerprint density at radius 1 is 1.05 bits per heavy atom. The van der Waals surface area contributed by atoms with Gasteiger partial charge in [-0.2, -0.15) is 30.6 Å². The predicted octanol–water partition coefficient (Wildman–Crippen LogP) is 5.24. The van der Waals surface area contributed by atoms with E-state index < -0.39 is 45.6 Å². The van der Waals surface area contributed by atoms with Crippen LogP contribution in [0.2, 0.25) is 0 Å². The van der Waals surface area contributed by atoms with Crippen LogP contribution in [0.4, 0.5) is 32.0 Å². The Balaban J connectivity index is 1.65. The molecule has 1 aromatic heterocycles. The van der Waals surface area contributed by atoms with E-state index in [-0.39, 0.29) is 24.5 Å². The van der Waals surface area contributed by atoms with Crippen LogP contribution in [0.5, 0.6) is 0 Å². The van der Waals surface area contributed by atoms with Crippen molar-refractivity contribution in [1.29, 1.82) is 0 Å². The molecule has 2 atom stereocenters. The Kier molecular flexibility index (Phi) is 8.86. The number of thiocarbonyl (C=S) groups is 1. The number of alkyl halides is 6. The van der Waals surface area contributed by atoms with Gasteiger partial charge < -0.3 is 9.64 Å². The summed E-state index contributed by atoms with van der Waals surface area (Å²) in [7, 11) is -3.93. The number of nitrogens with zero attached hydrogens (tertiary/aromatic N) is 3. The number of carbonyl (C=O) groups excluding carboxylic acids is 1. The maximum atomic E-state index is 13.9. The molecule has 7 nitrogen and oxygen atoms in total. The zero-order valence-corrected chi connectivity index (χ0v) is 23.7. The summed E-state index contributed by atoms with van der Waals surface area (Å²) < 4.78 is 112. The number of halogens is 6. The number of hydrogen-bond donors (Lipinski definition) is 0. The first-order valence-electron chi connectivity index (χ1n) is 12.6. The molecule has 2 aliphatic rings. The van der Waals surface area contributed by atoms with Crippen molar-refractivity contribution in [3.63, 3.8) is 0 Å². The summed E-state index contributed by atoms with van der Waals surface area (Å²) in [6.45, 7) is 0.578. The van der Waals surface area contributed by atoms with Crippen molar-refractivity contribution in [2.24, 2.45) is 0 Å². The van der Waals surface area contributed by atoms with Crippen LogP contribution in [-0.4, -0.2) is 66.6 Å². The summed E-state index contributed by atoms with van der Waals surface area (Å²) in [6.07, 6.45) is -2.34. The Morgan fingerprint density at radius 3 is 2.26 bits per heavy atom. The van der Waals surface area contributed by atoms with Gasteiger partial charge in [-0.25, -0.2) is 13.2 Å². The summed E-state index contributed by atoms with van der Waals surface area (Å²) in [4.78, 5) is 17.5. The van der Waals surface area contributed by atoms with Crippen molar-refractivity contribution in [2.75, 3.05) is 24.5 Å². The Hall–Kier alpha value is -3.30. The number of aromatic nitrogens is 1. The van der Waals surface area contributed by atoms with E-state index in [1.165, 1.54) is 22.5 Å². The quantitative estimate of drug-likeness (QED) is 0.235. The largest absolute Gasteiger partial charge is 0.490 e. The van der Waals surface area contributed by atoms with Crippen molar-refractivity contribution in [3.8, 4) is 0 Å². The number of hydrogen-bond acceptors (Lipinski definition) is 7. The standard InChI is InChI=1S/C27H25F6N3O4S2/c1-25(27(31,32)33,40-24(37)26(28,29)30)19-6-8-20(9-7-19)36-15-14-35(17-21(36)16-18-10-12-34-13-11-18)42(38,39)23-5-3-2-4-22(23)41/h2-3,5-13,21H,4,14-17H2,1H3/t21-,25?/m1/s1. The van der Waals surface area contributed by atoms with Crippen molar-refractivity contribution in [1.82, 2.24) is 9.29 Å². The van der Waals surface area contributed by atoms with E-state index in [4.69, 9.17) is 12.2 Å². The number of piperazine rings is 1. The summed E-state index contributed by atoms with van der Waals surface area (Å²) >= 11 is 5.28. The van der Waals surface area contributed by atoms with Crippen LogP contribution in [0, 0.1) is 0 Å². The molecule has 0 radical (unpaired) electrons. The molecule has 4 rings (SSSR count). The molecule has 1 aromatic carbocycles. The number of sulfonamides is 1. The first-order chi connectivity index (χ1) is 19.5. The maximum absolute atomic E-state index is 13.9. The summed E-state index contributed by atoms with van der Waals surface area (Å²) in [6, 6.07) is 7.45. The summed E-state index contributed by atoms with van der Waals surface area (Å²) in [5.41, 5.74) is -3.05. The number of anilines is 1. The van der Waals surface area contributed by atoms with E-state index >= 15 is 0 Å². The van der Waals surface area contributed by atoms with Gasteiger partial charge in [-0.05, 0) is 49.2 Å². The highest BCUT2D eigenvalue weighted by molar-refractivity contribution is 7.96. The highest BCUT2D eigenvalue weighted by Gasteiger charge is 2.59. The SMILES string of the molecule is CC(OC(=O)C(F)(F)F)(c1ccc(N2CCN(S(=O)(=O)C3=CC=CCC3=S)C[C@H]2Cc2ccncc2)cc1)C(F)(F)F. The number of benzene rings is 1. The summed E-state index contributed by atoms with van der Waals surface area (Å²) in [5, 5.41) is 0. The molecule has 2 aromatic rings. The predicted molar refractivity (Wildman–Crippen MR) is 146 cm³/mol. The highest BCUT2D eigenvalue weighted by Crippen LogP contribution is 2.44. The molecule has 0 saturated carbocycles. The van der Waals surface area contributed by atoms with Gasteiger partial charge in [-0.15, -0.1) is 0 Å². The van der Waals surface area contributed by atoms with E-state index in [0.717, 1.165) is 17.7 Å². The molecule has 0 bridgehead atoms. The minimum atomic E-state index is -5.62. The van der Waals surface area contributed by atoms with Gasteiger partial charge in [0.05, 0.1) is 4.91 Å². The number of pyridine rings is 1. The summed E-state index contributed by atoms with van der Waals surface area (Å²) in [5.74, 6) is -2.97. The van der Waals surface area contributed by atoms with Crippen molar-refractivity contribution >= 4 is 38.8 Å². The van der Waals surface area contributed by atoms with Gasteiger partial charge >= 0.3 is 18.3 Å². The van der Waals surface area contributed by atoms with E-state index in [1.807, 2.05) is 4.90 Å². The third kappa shape index (κ3) is 6.52. The first kappa shape index (κ1) is 31.6. The average molecular weight is 634 g/mol. The smallest absolute Gasteiger partial charge is 0.438 e. The molecule has 2 heterocycles. The lowest BCUT2D eigenvalue weighted by Gasteiger charge is -2.43. The third-order valence-electron chi connectivity index (χ3n) is 7.06. The van der Waals surface area contributed by atoms with Crippen LogP contribution in [-0.2, 0) is 31.6 Å². The zero-order valence-electron chi connectivity index (χ0n) is 22.0. The molecule has 1 unspecified atom stereocenters. The van der Waals surface area contributed by atoms with Crippen molar-refractivity contribution in [2.45, 2.75) is 43.8 Å². The van der Waals surface area contributed by atoms with E-state index in [1.54, 1.807) is 36.7 Å². The fourth-order valence-electron chi connectivity index (χ4n) is 4.74. The molecule has 15 heteroatoms. The number of carbonyl (C=O) groups is 1. The van der Waals surface area contributed by atoms with Crippen molar-refractivity contribution < 1.29 is 44.3 Å². The van der Waals surface area contributed by atoms with Gasteiger partial charge in [-0.3, -0.25) is 4.98 Å². The topological polar surface area (TPSA) is 79.8 Å². The van der Waals surface area contributed by atoms with E-state index in [9.17, 15) is 39.6 Å². The first-order valence-corrected chi connectivity index (χ1v) is 14.4. The monoisotopic (exact) mass is 633 g/mol. The van der Waals surface area contributed by atoms with Crippen LogP contribution < -0.4 is 4.90 Å². The van der Waals surface area contributed by atoms with Gasteiger partial charge in [0, 0.05) is 60.6 Å². The molecule has 226 valence electrons. The molecule has 1 saturated heterocycles. The number of rotatable bonds is 7. The van der Waals surface area contributed by atoms with Crippen molar-refractivity contribution in [3.05, 3.63) is 83.1 Å². The fourth-order valence-corrected chi connectivity index (χ4v) is 6.81. The second-order valence-electron chi connectivity index (χ2n) is 9.82. The normalized spacial score (nSPS) is 20.2. The molecule has 0 N–H and O–H groups in total. The lowest BCUT2D eigenvalue weighted by Crippen LogP contribution is -2.56. The molecular formula is C27H25F6N3O4S2. The fraction of sp³-hybridized carbons (Fsp3) is 0.370. The number of esters is 1. The van der Waals surface area contributed by atoms with Gasteiger partial charge in [0.2, 0.25) is 15.6 Å². The van der Waals surface area contributed by atoms with Crippen LogP contribution in [0.1, 0.15) is 24.5 Å². The average Bonchev–Trinajstić information content (AvgIpc) is 2.92. The van der Waals surface area contributed by atoms with Crippen LogP contribution in [0.3, 0.4) is 0 Å². The molecule has 1 fully saturated rings. The van der Waals surface area contributed by atoms with Crippen LogP contribution in [0.15, 0.2) is 71.9 Å². The third-order valence-corrected chi connectivity index (χ3v) is 9.53. The second kappa shape index (κ2) is 11.8. The number of ether oxygens (including phenoxy) is 1. The highest BCUT2D eigenvalue weighted by atomic mass is 32.2. The Labute approximate surface area is 243 Å². The van der Waals surface area contributed by atoms with Gasteiger partial charge in [0.15, 0.2) is 0 Å². The van der Waals surface area contributed by atoms with Crippen LogP contribution in [0.25, 0.3) is 0 Å². The molecule has 1 aliphatic heterocycles. The van der Waals surface area contributed by atoms with E-state index in [0.29, 0.717) is 30.3 Å². The number of allylic oxidation sites excluding steroid dienone is 4. The lowest BCUT2D eigenvalue weighted by atomic mass is 9.94. The molecule has 0 amide bonds. The Bertz CT molecular complexity index is 1490. The maximum Gasteiger partial charge on any atom is 0.490 e. The van der Waals surface area contributed by atoms with Gasteiger partial charge in [0.1, 0.15) is 0 Å². The minimum Gasteiger partial charge on any atom is -0.438 e. The molecule has 42 heavy (non-hydrogen) atoms.